The second kappa shape index (κ2) is 5.15. The molecule has 0 radical (unpaired) electrons. The topological polar surface area (TPSA) is 98.7 Å². The number of rotatable bonds is 3. The van der Waals surface area contributed by atoms with Gasteiger partial charge >= 0.3 is 0 Å². The summed E-state index contributed by atoms with van der Waals surface area (Å²) < 4.78 is 4.87. The minimum absolute atomic E-state index is 0.0579. The highest BCUT2D eigenvalue weighted by Gasteiger charge is 2.20. The van der Waals surface area contributed by atoms with Crippen LogP contribution in [0.5, 0.6) is 0 Å². The Hall–Kier alpha value is -3.23. The lowest BCUT2D eigenvalue weighted by atomic mass is 10.3. The van der Waals surface area contributed by atoms with Gasteiger partial charge in [0.25, 0.3) is 5.56 Å². The average molecular weight is 324 g/mol. The van der Waals surface area contributed by atoms with E-state index in [4.69, 9.17) is 0 Å². The van der Waals surface area contributed by atoms with E-state index in [2.05, 4.69) is 25.1 Å². The molecule has 0 aliphatic heterocycles. The normalized spacial score (nSPS) is 11.7. The summed E-state index contributed by atoms with van der Waals surface area (Å²) in [6, 6.07) is -0.0579. The first-order chi connectivity index (χ1) is 11.6. The molecule has 24 heavy (non-hydrogen) atoms. The van der Waals surface area contributed by atoms with Crippen molar-refractivity contribution in [1.29, 1.82) is 0 Å². The molecule has 9 heteroatoms. The Morgan fingerprint density at radius 1 is 1.21 bits per heavy atom. The molecule has 122 valence electrons. The Labute approximate surface area is 136 Å². The van der Waals surface area contributed by atoms with Gasteiger partial charge in [-0.25, -0.2) is 14.5 Å². The first-order valence-corrected chi connectivity index (χ1v) is 7.54. The third-order valence-electron chi connectivity index (χ3n) is 3.82. The minimum atomic E-state index is -0.190. The van der Waals surface area contributed by atoms with Crippen LogP contribution >= 0.6 is 0 Å². The van der Waals surface area contributed by atoms with Gasteiger partial charge in [-0.15, -0.1) is 5.10 Å². The Morgan fingerprint density at radius 3 is 2.67 bits per heavy atom. The largest absolute Gasteiger partial charge is 0.343 e. The van der Waals surface area contributed by atoms with Crippen molar-refractivity contribution in [2.75, 3.05) is 0 Å². The number of nitrogens with zero attached hydrogens (tertiary/aromatic N) is 7. The van der Waals surface area contributed by atoms with Gasteiger partial charge in [0.05, 0.1) is 36.2 Å². The molecule has 0 fully saturated rings. The van der Waals surface area contributed by atoms with Crippen LogP contribution in [-0.2, 0) is 7.05 Å². The monoisotopic (exact) mass is 324 g/mol. The second-order valence-corrected chi connectivity index (χ2v) is 5.84. The van der Waals surface area contributed by atoms with Gasteiger partial charge in [0, 0.05) is 19.3 Å². The highest BCUT2D eigenvalue weighted by molar-refractivity contribution is 5.60. The van der Waals surface area contributed by atoms with E-state index in [1.54, 1.807) is 38.7 Å². The molecule has 0 aliphatic rings. The molecule has 0 unspecified atom stereocenters. The number of aromatic amines is 1. The quantitative estimate of drug-likeness (QED) is 0.612. The molecule has 0 bridgehead atoms. The van der Waals surface area contributed by atoms with E-state index < -0.39 is 0 Å². The summed E-state index contributed by atoms with van der Waals surface area (Å²) in [5.74, 6) is 0.550. The number of hydrogen-bond donors (Lipinski definition) is 1. The zero-order valence-corrected chi connectivity index (χ0v) is 13.5. The van der Waals surface area contributed by atoms with Crippen molar-refractivity contribution in [3.05, 3.63) is 41.5 Å². The Morgan fingerprint density at radius 2 is 2.04 bits per heavy atom. The molecule has 0 spiro atoms. The average Bonchev–Trinajstić information content (AvgIpc) is 3.25. The molecule has 1 N–H and O–H groups in total. The van der Waals surface area contributed by atoms with Crippen LogP contribution in [0, 0.1) is 0 Å². The molecule has 0 saturated heterocycles. The van der Waals surface area contributed by atoms with Crippen LogP contribution in [-0.4, -0.2) is 38.9 Å². The van der Waals surface area contributed by atoms with Crippen molar-refractivity contribution in [2.45, 2.75) is 19.9 Å². The van der Waals surface area contributed by atoms with Crippen LogP contribution in [0.1, 0.15) is 19.9 Å². The number of imidazole rings is 2. The molecular formula is C15H16N8O. The van der Waals surface area contributed by atoms with E-state index in [-0.39, 0.29) is 17.2 Å². The van der Waals surface area contributed by atoms with Crippen LogP contribution in [0.4, 0.5) is 0 Å². The van der Waals surface area contributed by atoms with Gasteiger partial charge in [-0.3, -0.25) is 14.0 Å². The van der Waals surface area contributed by atoms with Crippen molar-refractivity contribution >= 4 is 5.65 Å². The molecule has 0 saturated carbocycles. The molecule has 4 aromatic heterocycles. The van der Waals surface area contributed by atoms with Gasteiger partial charge < -0.3 is 4.98 Å². The van der Waals surface area contributed by atoms with Gasteiger partial charge in [-0.1, -0.05) is 0 Å². The molecule has 4 heterocycles. The van der Waals surface area contributed by atoms with Crippen molar-refractivity contribution in [3.63, 3.8) is 0 Å². The predicted octanol–water partition coefficient (Wildman–Crippen LogP) is 1.26. The summed E-state index contributed by atoms with van der Waals surface area (Å²) in [6.45, 7) is 3.89. The van der Waals surface area contributed by atoms with E-state index in [0.29, 0.717) is 11.5 Å². The maximum atomic E-state index is 12.9. The van der Waals surface area contributed by atoms with E-state index in [0.717, 1.165) is 11.3 Å². The zero-order valence-electron chi connectivity index (χ0n) is 13.5. The first-order valence-electron chi connectivity index (χ1n) is 7.54. The number of aromatic nitrogens is 8. The molecular weight excluding hydrogens is 308 g/mol. The van der Waals surface area contributed by atoms with Gasteiger partial charge in [0.2, 0.25) is 5.65 Å². The molecule has 4 rings (SSSR count). The standard InChI is InChI=1S/C15H16N8O/c1-9(2)22-13(10-4-19-21(3)7-10)20-23-12(11-5-16-8-18-11)6-17-14(23)15(22)24/h4-9H,1-3H3,(H,16,18). The molecule has 0 amide bonds. The highest BCUT2D eigenvalue weighted by atomic mass is 16.1. The smallest absolute Gasteiger partial charge is 0.297 e. The highest BCUT2D eigenvalue weighted by Crippen LogP contribution is 2.21. The van der Waals surface area contributed by atoms with E-state index >= 15 is 0 Å². The zero-order chi connectivity index (χ0) is 16.8. The Balaban J connectivity index is 2.08. The first kappa shape index (κ1) is 14.4. The fourth-order valence-corrected chi connectivity index (χ4v) is 2.73. The number of hydrogen-bond acceptors (Lipinski definition) is 5. The van der Waals surface area contributed by atoms with Gasteiger partial charge in [0.15, 0.2) is 5.82 Å². The van der Waals surface area contributed by atoms with Crippen molar-refractivity contribution < 1.29 is 0 Å². The lowest BCUT2D eigenvalue weighted by Gasteiger charge is -2.14. The van der Waals surface area contributed by atoms with Crippen molar-refractivity contribution in [1.82, 2.24) is 38.9 Å². The van der Waals surface area contributed by atoms with Gasteiger partial charge in [-0.2, -0.15) is 5.10 Å². The van der Waals surface area contributed by atoms with Gasteiger partial charge in [-0.05, 0) is 13.8 Å². The number of nitrogens with one attached hydrogen (secondary N) is 1. The maximum absolute atomic E-state index is 12.9. The van der Waals surface area contributed by atoms with Crippen molar-refractivity contribution in [3.8, 4) is 22.8 Å². The molecule has 0 aromatic carbocycles. The second-order valence-electron chi connectivity index (χ2n) is 5.84. The molecule has 4 aromatic rings. The summed E-state index contributed by atoms with van der Waals surface area (Å²) in [5, 5.41) is 8.86. The lowest BCUT2D eigenvalue weighted by Crippen LogP contribution is -2.27. The van der Waals surface area contributed by atoms with Crippen LogP contribution in [0.15, 0.2) is 35.9 Å². The number of aryl methyl sites for hydroxylation is 1. The van der Waals surface area contributed by atoms with E-state index in [1.807, 2.05) is 27.1 Å². The van der Waals surface area contributed by atoms with Crippen molar-refractivity contribution in [2.24, 2.45) is 7.05 Å². The predicted molar refractivity (Wildman–Crippen MR) is 87.4 cm³/mol. The fraction of sp³-hybridized carbons (Fsp3) is 0.267. The fourth-order valence-electron chi connectivity index (χ4n) is 2.73. The number of fused-ring (bicyclic) bond motifs is 1. The third kappa shape index (κ3) is 2.05. The maximum Gasteiger partial charge on any atom is 0.297 e. The van der Waals surface area contributed by atoms with Crippen LogP contribution < -0.4 is 5.56 Å². The summed E-state index contributed by atoms with van der Waals surface area (Å²) in [6.07, 6.45) is 8.39. The van der Waals surface area contributed by atoms with Gasteiger partial charge in [0.1, 0.15) is 5.69 Å². The van der Waals surface area contributed by atoms with Crippen LogP contribution in [0.3, 0.4) is 0 Å². The SMILES string of the molecule is CC(C)n1c(-c2cnn(C)c2)nn2c(-c3cnc[nH]3)cnc2c1=O. The summed E-state index contributed by atoms with van der Waals surface area (Å²) in [4.78, 5) is 24.2. The van der Waals surface area contributed by atoms with E-state index in [9.17, 15) is 4.79 Å². The van der Waals surface area contributed by atoms with Crippen LogP contribution in [0.2, 0.25) is 0 Å². The lowest BCUT2D eigenvalue weighted by molar-refractivity contribution is 0.566. The molecule has 0 aliphatic carbocycles. The van der Waals surface area contributed by atoms with E-state index in [1.165, 1.54) is 0 Å². The van der Waals surface area contributed by atoms with Crippen LogP contribution in [0.25, 0.3) is 28.4 Å². The molecule has 9 nitrogen and oxygen atoms in total. The minimum Gasteiger partial charge on any atom is -0.343 e. The Kier molecular flexibility index (Phi) is 3.08. The third-order valence-corrected chi connectivity index (χ3v) is 3.82. The molecule has 0 atom stereocenters. The Bertz CT molecular complexity index is 1070. The summed E-state index contributed by atoms with van der Waals surface area (Å²) in [5.41, 5.74) is 2.29. The summed E-state index contributed by atoms with van der Waals surface area (Å²) >= 11 is 0. The summed E-state index contributed by atoms with van der Waals surface area (Å²) in [7, 11) is 1.83. The number of H-pyrrole nitrogens is 1.